The van der Waals surface area contributed by atoms with E-state index < -0.39 is 0 Å². The zero-order valence-electron chi connectivity index (χ0n) is 11.7. The lowest BCUT2D eigenvalue weighted by molar-refractivity contribution is -0.140. The smallest absolute Gasteiger partial charge is 0.239 e. The highest BCUT2D eigenvalue weighted by Gasteiger charge is 2.28. The van der Waals surface area contributed by atoms with Crippen LogP contribution in [-0.2, 0) is 9.59 Å². The van der Waals surface area contributed by atoms with Gasteiger partial charge in [-0.15, -0.1) is 0 Å². The first-order chi connectivity index (χ1) is 8.58. The minimum atomic E-state index is -0.0744. The average Bonchev–Trinajstić information content (AvgIpc) is 2.35. The second-order valence-electron chi connectivity index (χ2n) is 4.88. The van der Waals surface area contributed by atoms with E-state index in [1.807, 2.05) is 13.8 Å². The summed E-state index contributed by atoms with van der Waals surface area (Å²) in [6, 6.07) is 0.385. The molecule has 1 saturated heterocycles. The van der Waals surface area contributed by atoms with Gasteiger partial charge in [0.05, 0.1) is 6.54 Å². The van der Waals surface area contributed by atoms with Crippen LogP contribution in [-0.4, -0.2) is 48.9 Å². The van der Waals surface area contributed by atoms with E-state index in [2.05, 4.69) is 17.6 Å². The van der Waals surface area contributed by atoms with Gasteiger partial charge in [-0.05, 0) is 40.2 Å². The molecule has 2 amide bonds. The molecule has 1 heterocycles. The van der Waals surface area contributed by atoms with Gasteiger partial charge < -0.3 is 15.5 Å². The summed E-state index contributed by atoms with van der Waals surface area (Å²) in [5.74, 6) is 0.113. The molecule has 18 heavy (non-hydrogen) atoms. The number of nitrogens with one attached hydrogen (secondary N) is 2. The zero-order chi connectivity index (χ0) is 13.5. The van der Waals surface area contributed by atoms with Crippen molar-refractivity contribution >= 4 is 11.8 Å². The Labute approximate surface area is 109 Å². The second-order valence-corrected chi connectivity index (χ2v) is 4.88. The Bertz CT molecular complexity index is 294. The van der Waals surface area contributed by atoms with E-state index in [1.54, 1.807) is 4.90 Å². The van der Waals surface area contributed by atoms with Crippen LogP contribution in [0.2, 0.25) is 0 Å². The van der Waals surface area contributed by atoms with Crippen LogP contribution in [0.3, 0.4) is 0 Å². The average molecular weight is 255 g/mol. The molecule has 1 aliphatic rings. The summed E-state index contributed by atoms with van der Waals surface area (Å²) >= 11 is 0. The highest BCUT2D eigenvalue weighted by Crippen LogP contribution is 2.18. The van der Waals surface area contributed by atoms with Gasteiger partial charge in [-0.1, -0.05) is 0 Å². The van der Waals surface area contributed by atoms with E-state index in [4.69, 9.17) is 0 Å². The summed E-state index contributed by atoms with van der Waals surface area (Å²) in [4.78, 5) is 25.5. The molecule has 5 nitrogen and oxygen atoms in total. The van der Waals surface area contributed by atoms with Gasteiger partial charge in [-0.2, -0.15) is 0 Å². The number of carbonyl (C=O) groups is 2. The van der Waals surface area contributed by atoms with Crippen molar-refractivity contribution < 1.29 is 9.59 Å². The highest BCUT2D eigenvalue weighted by molar-refractivity contribution is 5.86. The van der Waals surface area contributed by atoms with Crippen molar-refractivity contribution in [3.8, 4) is 0 Å². The summed E-state index contributed by atoms with van der Waals surface area (Å²) < 4.78 is 0. The first-order valence-corrected chi connectivity index (χ1v) is 6.87. The number of piperidine rings is 1. The fourth-order valence-corrected chi connectivity index (χ4v) is 2.39. The third kappa shape index (κ3) is 4.29. The molecule has 2 N–H and O–H groups in total. The second kappa shape index (κ2) is 7.36. The fraction of sp³-hybridized carbons (Fsp3) is 0.846. The number of nitrogens with zero attached hydrogens (tertiary/aromatic N) is 1. The molecule has 0 aliphatic carbocycles. The standard InChI is InChI=1S/C13H25N3O2/c1-4-14-12(17)9-16(5-2)13(18)11-6-7-15-10(3)8-11/h10-11,15H,4-9H2,1-3H3,(H,14,17). The largest absolute Gasteiger partial charge is 0.355 e. The Balaban J connectivity index is 2.52. The monoisotopic (exact) mass is 255 g/mol. The van der Waals surface area contributed by atoms with Gasteiger partial charge in [0.2, 0.25) is 11.8 Å². The summed E-state index contributed by atoms with van der Waals surface area (Å²) in [5.41, 5.74) is 0. The van der Waals surface area contributed by atoms with Crippen LogP contribution >= 0.6 is 0 Å². The Hall–Kier alpha value is -1.10. The normalized spacial score (nSPS) is 23.5. The molecule has 0 spiro atoms. The molecular formula is C13H25N3O2. The zero-order valence-corrected chi connectivity index (χ0v) is 11.7. The molecular weight excluding hydrogens is 230 g/mol. The van der Waals surface area contributed by atoms with Crippen LogP contribution in [0, 0.1) is 5.92 Å². The lowest BCUT2D eigenvalue weighted by Crippen LogP contribution is -2.47. The SMILES string of the molecule is CCNC(=O)CN(CC)C(=O)C1CCNC(C)C1. The summed E-state index contributed by atoms with van der Waals surface area (Å²) in [6.45, 7) is 8.16. The van der Waals surface area contributed by atoms with Crippen molar-refractivity contribution in [2.45, 2.75) is 39.7 Å². The third-order valence-electron chi connectivity index (χ3n) is 3.37. The molecule has 0 saturated carbocycles. The lowest BCUT2D eigenvalue weighted by atomic mass is 9.92. The van der Waals surface area contributed by atoms with E-state index in [-0.39, 0.29) is 24.3 Å². The van der Waals surface area contributed by atoms with Crippen molar-refractivity contribution in [2.24, 2.45) is 5.92 Å². The minimum Gasteiger partial charge on any atom is -0.355 e. The fourth-order valence-electron chi connectivity index (χ4n) is 2.39. The number of amides is 2. The summed E-state index contributed by atoms with van der Waals surface area (Å²) in [7, 11) is 0. The first-order valence-electron chi connectivity index (χ1n) is 6.87. The number of rotatable bonds is 5. The quantitative estimate of drug-likeness (QED) is 0.745. The van der Waals surface area contributed by atoms with E-state index >= 15 is 0 Å². The Morgan fingerprint density at radius 1 is 1.39 bits per heavy atom. The number of likely N-dealkylation sites (N-methyl/N-ethyl adjacent to an activating group) is 2. The van der Waals surface area contributed by atoms with E-state index in [0.717, 1.165) is 19.4 Å². The van der Waals surface area contributed by atoms with Crippen molar-refractivity contribution in [3.63, 3.8) is 0 Å². The van der Waals surface area contributed by atoms with Crippen LogP contribution < -0.4 is 10.6 Å². The van der Waals surface area contributed by atoms with E-state index in [1.165, 1.54) is 0 Å². The van der Waals surface area contributed by atoms with Crippen LogP contribution in [0.15, 0.2) is 0 Å². The molecule has 0 aromatic heterocycles. The predicted octanol–water partition coefficient (Wildman–Crippen LogP) is 0.359. The molecule has 104 valence electrons. The molecule has 2 unspecified atom stereocenters. The van der Waals surface area contributed by atoms with E-state index in [9.17, 15) is 9.59 Å². The van der Waals surface area contributed by atoms with Crippen LogP contribution in [0.1, 0.15) is 33.6 Å². The summed E-state index contributed by atoms with van der Waals surface area (Å²) in [6.07, 6.45) is 1.74. The maximum Gasteiger partial charge on any atom is 0.239 e. The Morgan fingerprint density at radius 2 is 2.11 bits per heavy atom. The maximum absolute atomic E-state index is 12.3. The van der Waals surface area contributed by atoms with Gasteiger partial charge in [-0.3, -0.25) is 9.59 Å². The van der Waals surface area contributed by atoms with Crippen LogP contribution in [0.25, 0.3) is 0 Å². The molecule has 0 radical (unpaired) electrons. The van der Waals surface area contributed by atoms with Gasteiger partial charge in [0, 0.05) is 25.0 Å². The molecule has 0 aromatic rings. The van der Waals surface area contributed by atoms with Gasteiger partial charge in [-0.25, -0.2) is 0 Å². The number of carbonyl (C=O) groups excluding carboxylic acids is 2. The van der Waals surface area contributed by atoms with Gasteiger partial charge >= 0.3 is 0 Å². The van der Waals surface area contributed by atoms with Gasteiger partial charge in [0.15, 0.2) is 0 Å². The molecule has 1 rings (SSSR count). The Kier molecular flexibility index (Phi) is 6.12. The topological polar surface area (TPSA) is 61.4 Å². The molecule has 1 aliphatic heterocycles. The molecule has 2 atom stereocenters. The molecule has 1 fully saturated rings. The van der Waals surface area contributed by atoms with Crippen molar-refractivity contribution in [1.29, 1.82) is 0 Å². The number of hydrogen-bond donors (Lipinski definition) is 2. The predicted molar refractivity (Wildman–Crippen MR) is 71.1 cm³/mol. The third-order valence-corrected chi connectivity index (χ3v) is 3.37. The minimum absolute atomic E-state index is 0.0654. The van der Waals surface area contributed by atoms with Crippen LogP contribution in [0.4, 0.5) is 0 Å². The number of hydrogen-bond acceptors (Lipinski definition) is 3. The highest BCUT2D eigenvalue weighted by atomic mass is 16.2. The molecule has 0 bridgehead atoms. The van der Waals surface area contributed by atoms with E-state index in [0.29, 0.717) is 19.1 Å². The van der Waals surface area contributed by atoms with Gasteiger partial charge in [0.25, 0.3) is 0 Å². The Morgan fingerprint density at radius 3 is 2.67 bits per heavy atom. The summed E-state index contributed by atoms with van der Waals surface area (Å²) in [5, 5.41) is 6.07. The van der Waals surface area contributed by atoms with Crippen molar-refractivity contribution in [3.05, 3.63) is 0 Å². The maximum atomic E-state index is 12.3. The molecule has 0 aromatic carbocycles. The van der Waals surface area contributed by atoms with Crippen molar-refractivity contribution in [1.82, 2.24) is 15.5 Å². The van der Waals surface area contributed by atoms with Crippen LogP contribution in [0.5, 0.6) is 0 Å². The molecule has 5 heteroatoms. The van der Waals surface area contributed by atoms with Gasteiger partial charge in [0.1, 0.15) is 0 Å². The first kappa shape index (κ1) is 15.0. The lowest BCUT2D eigenvalue weighted by Gasteiger charge is -2.31. The van der Waals surface area contributed by atoms with Crippen molar-refractivity contribution in [2.75, 3.05) is 26.2 Å².